The molecule has 28 heavy (non-hydrogen) atoms. The van der Waals surface area contributed by atoms with E-state index in [1.807, 2.05) is 18.8 Å². The van der Waals surface area contributed by atoms with Gasteiger partial charge in [-0.1, -0.05) is 0 Å². The van der Waals surface area contributed by atoms with Crippen molar-refractivity contribution in [3.05, 3.63) is 0 Å². The van der Waals surface area contributed by atoms with Crippen molar-refractivity contribution in [3.8, 4) is 0 Å². The molecule has 6 N–H and O–H groups in total. The molecule has 0 saturated heterocycles. The van der Waals surface area contributed by atoms with Crippen molar-refractivity contribution < 1.29 is 46.8 Å². The summed E-state index contributed by atoms with van der Waals surface area (Å²) in [5.41, 5.74) is 15.4. The Bertz CT molecular complexity index is 354. The molecule has 9 nitrogen and oxygen atoms in total. The van der Waals surface area contributed by atoms with Gasteiger partial charge in [-0.2, -0.15) is 35.3 Å². The molecule has 0 aliphatic rings. The van der Waals surface area contributed by atoms with E-state index in [1.165, 1.54) is 0 Å². The Kier molecular flexibility index (Phi) is 31.4. The second kappa shape index (κ2) is 24.9. The number of aliphatic carboxylic acids is 3. The Morgan fingerprint density at radius 3 is 0.929 bits per heavy atom. The van der Waals surface area contributed by atoms with Crippen LogP contribution < -0.4 is 32.5 Å². The standard InChI is InChI=1S/3C5H11NO2S.Fe/c3*1-9-3-2-4(6)5(7)8;/h3*4H,2-3,6H2,1H3,(H,7,8);/q;;;+3/p-3/t3*4-;/m000./s1. The summed E-state index contributed by atoms with van der Waals surface area (Å²) in [6.45, 7) is 0. The Balaban J connectivity index is -0.000000152. The molecule has 0 unspecified atom stereocenters. The molecule has 0 heterocycles. The van der Waals surface area contributed by atoms with Crippen LogP contribution in [0, 0.1) is 0 Å². The van der Waals surface area contributed by atoms with E-state index in [2.05, 4.69) is 0 Å². The van der Waals surface area contributed by atoms with Crippen LogP contribution in [0.4, 0.5) is 0 Å². The predicted molar refractivity (Wildman–Crippen MR) is 108 cm³/mol. The van der Waals surface area contributed by atoms with E-state index in [1.54, 1.807) is 35.3 Å². The molecule has 0 aliphatic carbocycles. The van der Waals surface area contributed by atoms with Gasteiger partial charge in [0.15, 0.2) is 0 Å². The van der Waals surface area contributed by atoms with Crippen molar-refractivity contribution in [2.24, 2.45) is 17.2 Å². The minimum absolute atomic E-state index is 0. The average molecular weight is 500 g/mol. The van der Waals surface area contributed by atoms with Gasteiger partial charge in [0.25, 0.3) is 0 Å². The molecular formula is C15H30FeN3O6S3. The summed E-state index contributed by atoms with van der Waals surface area (Å²) in [5.74, 6) is -1.17. The monoisotopic (exact) mass is 500 g/mol. The number of carboxylic acids is 3. The van der Waals surface area contributed by atoms with Gasteiger partial charge in [0.1, 0.15) is 0 Å². The van der Waals surface area contributed by atoms with Gasteiger partial charge in [0.2, 0.25) is 0 Å². The fourth-order valence-electron chi connectivity index (χ4n) is 1.09. The summed E-state index contributed by atoms with van der Waals surface area (Å²) < 4.78 is 0. The molecule has 3 atom stereocenters. The number of carbonyl (C=O) groups excluding carboxylic acids is 3. The van der Waals surface area contributed by atoms with E-state index in [4.69, 9.17) is 17.2 Å². The Morgan fingerprint density at radius 1 is 0.643 bits per heavy atom. The van der Waals surface area contributed by atoms with Crippen molar-refractivity contribution in [2.45, 2.75) is 37.4 Å². The molecule has 1 radical (unpaired) electrons. The molecule has 0 aromatic heterocycles. The molecule has 0 aliphatic heterocycles. The van der Waals surface area contributed by atoms with E-state index in [-0.39, 0.29) is 17.1 Å². The summed E-state index contributed by atoms with van der Waals surface area (Å²) >= 11 is 4.73. The topological polar surface area (TPSA) is 198 Å². The largest absolute Gasteiger partial charge is 3.00 e. The minimum atomic E-state index is -1.16. The predicted octanol–water partition coefficient (Wildman–Crippen LogP) is -3.55. The Hall–Kier alpha value is -0.141. The molecule has 0 amide bonds. The van der Waals surface area contributed by atoms with Crippen molar-refractivity contribution in [1.29, 1.82) is 0 Å². The molecule has 13 heteroatoms. The molecule has 0 rings (SSSR count). The van der Waals surface area contributed by atoms with Crippen LogP contribution in [0.15, 0.2) is 0 Å². The van der Waals surface area contributed by atoms with Crippen molar-refractivity contribution in [1.82, 2.24) is 0 Å². The van der Waals surface area contributed by atoms with E-state index >= 15 is 0 Å². The quantitative estimate of drug-likeness (QED) is 0.223. The number of rotatable bonds is 12. The molecule has 0 fully saturated rings. The SMILES string of the molecule is CSCC[C@H](N)C(=O)[O-].CSCC[C@H](N)C(=O)[O-].CSCC[C@H](N)C(=O)[O-].[Fe+3]. The molecule has 0 spiro atoms. The van der Waals surface area contributed by atoms with Gasteiger partial charge in [0, 0.05) is 18.1 Å². The number of thioether (sulfide) groups is 3. The van der Waals surface area contributed by atoms with Crippen molar-refractivity contribution >= 4 is 53.2 Å². The molecule has 0 aromatic rings. The van der Waals surface area contributed by atoms with E-state index in [9.17, 15) is 29.7 Å². The number of nitrogens with two attached hydrogens (primary N) is 3. The Morgan fingerprint density at radius 2 is 0.821 bits per heavy atom. The third kappa shape index (κ3) is 28.1. The van der Waals surface area contributed by atoms with Crippen molar-refractivity contribution in [3.63, 3.8) is 0 Å². The number of carbonyl (C=O) groups is 3. The van der Waals surface area contributed by atoms with Gasteiger partial charge in [-0.05, 0) is 55.3 Å². The summed E-state index contributed by atoms with van der Waals surface area (Å²) in [6.07, 6.45) is 7.18. The zero-order valence-corrected chi connectivity index (χ0v) is 19.8. The maximum Gasteiger partial charge on any atom is 3.00 e. The van der Waals surface area contributed by atoms with Crippen LogP contribution in [0.5, 0.6) is 0 Å². The summed E-state index contributed by atoms with van der Waals surface area (Å²) in [7, 11) is 0. The maximum atomic E-state index is 9.96. The van der Waals surface area contributed by atoms with Crippen LogP contribution in [-0.4, -0.2) is 72.1 Å². The second-order valence-electron chi connectivity index (χ2n) is 5.12. The first-order chi connectivity index (χ1) is 12.5. The molecule has 0 saturated carbocycles. The van der Waals surface area contributed by atoms with Crippen LogP contribution in [0.1, 0.15) is 19.3 Å². The van der Waals surface area contributed by atoms with Gasteiger partial charge in [-0.3, -0.25) is 0 Å². The van der Waals surface area contributed by atoms with Crippen LogP contribution in [0.2, 0.25) is 0 Å². The van der Waals surface area contributed by atoms with Gasteiger partial charge in [0.05, 0.1) is 17.9 Å². The normalized spacial score (nSPS) is 12.6. The molecule has 0 aromatic carbocycles. The first-order valence-electron chi connectivity index (χ1n) is 7.91. The maximum absolute atomic E-state index is 9.96. The zero-order valence-electron chi connectivity index (χ0n) is 16.2. The van der Waals surface area contributed by atoms with Crippen molar-refractivity contribution in [2.75, 3.05) is 36.0 Å². The van der Waals surface area contributed by atoms with Gasteiger partial charge >= 0.3 is 17.1 Å². The first-order valence-corrected chi connectivity index (χ1v) is 12.1. The van der Waals surface area contributed by atoms with Crippen LogP contribution in [0.3, 0.4) is 0 Å². The second-order valence-corrected chi connectivity index (χ2v) is 8.08. The summed E-state index contributed by atoms with van der Waals surface area (Å²) in [4.78, 5) is 29.9. The average Bonchev–Trinajstić information content (AvgIpc) is 2.62. The number of hydrogen-bond donors (Lipinski definition) is 3. The fraction of sp³-hybridized carbons (Fsp3) is 0.800. The van der Waals surface area contributed by atoms with Gasteiger partial charge in [-0.15, -0.1) is 0 Å². The molecule has 167 valence electrons. The zero-order chi connectivity index (χ0) is 21.8. The first kappa shape index (κ1) is 35.3. The van der Waals surface area contributed by atoms with E-state index < -0.39 is 36.0 Å². The Labute approximate surface area is 190 Å². The third-order valence-corrected chi connectivity index (χ3v) is 4.74. The smallest absolute Gasteiger partial charge is 0.548 e. The third-order valence-electron chi connectivity index (χ3n) is 2.81. The number of carboxylic acid groups (broad SMARTS) is 3. The molecule has 0 bridgehead atoms. The molecular weight excluding hydrogens is 470 g/mol. The van der Waals surface area contributed by atoms with Gasteiger partial charge < -0.3 is 46.9 Å². The summed E-state index contributed by atoms with van der Waals surface area (Å²) in [5, 5.41) is 29.9. The van der Waals surface area contributed by atoms with Crippen LogP contribution in [-0.2, 0) is 31.5 Å². The van der Waals surface area contributed by atoms with Crippen LogP contribution in [0.25, 0.3) is 0 Å². The van der Waals surface area contributed by atoms with Gasteiger partial charge in [-0.25, -0.2) is 0 Å². The number of hydrogen-bond acceptors (Lipinski definition) is 12. The minimum Gasteiger partial charge on any atom is -0.548 e. The van der Waals surface area contributed by atoms with Crippen LogP contribution >= 0.6 is 35.3 Å². The fourth-order valence-corrected chi connectivity index (χ4v) is 2.56. The summed E-state index contributed by atoms with van der Waals surface area (Å²) in [6, 6.07) is -2.38. The van der Waals surface area contributed by atoms with E-state index in [0.717, 1.165) is 17.3 Å². The van der Waals surface area contributed by atoms with E-state index in [0.29, 0.717) is 19.3 Å².